The van der Waals surface area contributed by atoms with Gasteiger partial charge in [-0.05, 0) is 31.2 Å². The first kappa shape index (κ1) is 13.5. The molecule has 1 aliphatic rings. The van der Waals surface area contributed by atoms with Crippen molar-refractivity contribution in [3.8, 4) is 11.3 Å². The number of nitrogens with zero attached hydrogens (tertiary/aromatic N) is 3. The van der Waals surface area contributed by atoms with Crippen LogP contribution in [0, 0.1) is 0 Å². The molecule has 1 aromatic heterocycles. The van der Waals surface area contributed by atoms with Gasteiger partial charge in [0.2, 0.25) is 0 Å². The number of piperazine rings is 1. The minimum atomic E-state index is 0.496. The van der Waals surface area contributed by atoms with Gasteiger partial charge in [0.15, 0.2) is 5.82 Å². The predicted octanol–water partition coefficient (Wildman–Crippen LogP) is 2.70. The summed E-state index contributed by atoms with van der Waals surface area (Å²) in [6, 6.07) is 12.7. The molecule has 2 heterocycles. The summed E-state index contributed by atoms with van der Waals surface area (Å²) in [6.07, 6.45) is 0. The lowest BCUT2D eigenvalue weighted by atomic mass is 10.1. The van der Waals surface area contributed by atoms with E-state index in [4.69, 9.17) is 0 Å². The van der Waals surface area contributed by atoms with E-state index in [0.29, 0.717) is 6.04 Å². The summed E-state index contributed by atoms with van der Waals surface area (Å²) in [4.78, 5) is 2.28. The van der Waals surface area contributed by atoms with Crippen LogP contribution in [-0.4, -0.2) is 35.9 Å². The van der Waals surface area contributed by atoms with Gasteiger partial charge < -0.3 is 10.2 Å². The van der Waals surface area contributed by atoms with Crippen molar-refractivity contribution < 1.29 is 0 Å². The Bertz CT molecular complexity index is 585. The minimum absolute atomic E-state index is 0.496. The highest BCUT2D eigenvalue weighted by molar-refractivity contribution is 9.10. The largest absolute Gasteiger partial charge is 0.352 e. The second-order valence-corrected chi connectivity index (χ2v) is 6.00. The highest BCUT2D eigenvalue weighted by atomic mass is 79.9. The van der Waals surface area contributed by atoms with E-state index in [-0.39, 0.29) is 0 Å². The summed E-state index contributed by atoms with van der Waals surface area (Å²) in [5.74, 6) is 0.956. The predicted molar refractivity (Wildman–Crippen MR) is 84.8 cm³/mol. The van der Waals surface area contributed by atoms with Crippen molar-refractivity contribution in [2.45, 2.75) is 13.0 Å². The summed E-state index contributed by atoms with van der Waals surface area (Å²) in [5, 5.41) is 12.2. The standard InChI is InChI=1S/C15H17BrN4/c1-11-10-20(8-7-17-11)15-6-5-14(18-19-15)12-3-2-4-13(16)9-12/h2-6,9,11,17H,7-8,10H2,1H3. The summed E-state index contributed by atoms with van der Waals surface area (Å²) >= 11 is 3.48. The molecule has 0 radical (unpaired) electrons. The Labute approximate surface area is 127 Å². The first-order valence-electron chi connectivity index (χ1n) is 6.80. The normalized spacial score (nSPS) is 19.1. The van der Waals surface area contributed by atoms with Gasteiger partial charge in [-0.3, -0.25) is 0 Å². The van der Waals surface area contributed by atoms with E-state index in [0.717, 1.165) is 41.2 Å². The quantitative estimate of drug-likeness (QED) is 0.918. The summed E-state index contributed by atoms with van der Waals surface area (Å²) in [7, 11) is 0. The van der Waals surface area contributed by atoms with E-state index in [9.17, 15) is 0 Å². The molecule has 1 aliphatic heterocycles. The fourth-order valence-corrected chi connectivity index (χ4v) is 2.84. The van der Waals surface area contributed by atoms with Crippen molar-refractivity contribution in [1.82, 2.24) is 15.5 Å². The molecule has 1 fully saturated rings. The molecule has 2 aromatic rings. The second-order valence-electron chi connectivity index (χ2n) is 5.09. The fraction of sp³-hybridized carbons (Fsp3) is 0.333. The Hall–Kier alpha value is -1.46. The third-order valence-corrected chi connectivity index (χ3v) is 3.96. The molecule has 1 aromatic carbocycles. The van der Waals surface area contributed by atoms with Crippen molar-refractivity contribution >= 4 is 21.7 Å². The first-order valence-corrected chi connectivity index (χ1v) is 7.60. The van der Waals surface area contributed by atoms with E-state index in [2.05, 4.69) is 55.4 Å². The molecule has 0 bridgehead atoms. The number of nitrogens with one attached hydrogen (secondary N) is 1. The summed E-state index contributed by atoms with van der Waals surface area (Å²) < 4.78 is 1.05. The van der Waals surface area contributed by atoms with Crippen LogP contribution in [0.25, 0.3) is 11.3 Å². The molecule has 0 aliphatic carbocycles. The average Bonchev–Trinajstić information content (AvgIpc) is 2.47. The maximum absolute atomic E-state index is 4.38. The van der Waals surface area contributed by atoms with E-state index in [1.807, 2.05) is 24.3 Å². The van der Waals surface area contributed by atoms with Crippen LogP contribution >= 0.6 is 15.9 Å². The molecule has 0 spiro atoms. The van der Waals surface area contributed by atoms with Crippen LogP contribution < -0.4 is 10.2 Å². The van der Waals surface area contributed by atoms with Gasteiger partial charge in [0.05, 0.1) is 5.69 Å². The smallest absolute Gasteiger partial charge is 0.151 e. The van der Waals surface area contributed by atoms with Crippen LogP contribution in [0.15, 0.2) is 40.9 Å². The third-order valence-electron chi connectivity index (χ3n) is 3.46. The Balaban J connectivity index is 1.80. The molecule has 1 N–H and O–H groups in total. The van der Waals surface area contributed by atoms with Crippen LogP contribution in [0.3, 0.4) is 0 Å². The SMILES string of the molecule is CC1CN(c2ccc(-c3cccc(Br)c3)nn2)CCN1. The fourth-order valence-electron chi connectivity index (χ4n) is 2.44. The van der Waals surface area contributed by atoms with Crippen molar-refractivity contribution in [2.75, 3.05) is 24.5 Å². The number of hydrogen-bond acceptors (Lipinski definition) is 4. The van der Waals surface area contributed by atoms with E-state index < -0.39 is 0 Å². The lowest BCUT2D eigenvalue weighted by molar-refractivity contribution is 0.481. The van der Waals surface area contributed by atoms with Gasteiger partial charge in [-0.1, -0.05) is 28.1 Å². The highest BCUT2D eigenvalue weighted by Crippen LogP contribution is 2.22. The van der Waals surface area contributed by atoms with Gasteiger partial charge in [0.25, 0.3) is 0 Å². The molecular formula is C15H17BrN4. The maximum Gasteiger partial charge on any atom is 0.151 e. The molecule has 20 heavy (non-hydrogen) atoms. The Morgan fingerprint density at radius 3 is 2.85 bits per heavy atom. The van der Waals surface area contributed by atoms with Crippen molar-refractivity contribution in [3.63, 3.8) is 0 Å². The zero-order valence-corrected chi connectivity index (χ0v) is 13.0. The second kappa shape index (κ2) is 5.89. The molecule has 4 nitrogen and oxygen atoms in total. The third kappa shape index (κ3) is 2.99. The molecule has 1 unspecified atom stereocenters. The molecule has 1 atom stereocenters. The average molecular weight is 333 g/mol. The van der Waals surface area contributed by atoms with Gasteiger partial charge in [0.1, 0.15) is 0 Å². The van der Waals surface area contributed by atoms with Crippen molar-refractivity contribution in [3.05, 3.63) is 40.9 Å². The molecule has 3 rings (SSSR count). The van der Waals surface area contributed by atoms with E-state index >= 15 is 0 Å². The highest BCUT2D eigenvalue weighted by Gasteiger charge is 2.17. The van der Waals surface area contributed by atoms with Gasteiger partial charge in [-0.15, -0.1) is 10.2 Å². The van der Waals surface area contributed by atoms with Crippen LogP contribution in [0.1, 0.15) is 6.92 Å². The van der Waals surface area contributed by atoms with E-state index in [1.165, 1.54) is 0 Å². The minimum Gasteiger partial charge on any atom is -0.352 e. The lowest BCUT2D eigenvalue weighted by Gasteiger charge is -2.32. The number of anilines is 1. The first-order chi connectivity index (χ1) is 9.72. The number of halogens is 1. The number of benzene rings is 1. The Morgan fingerprint density at radius 1 is 1.25 bits per heavy atom. The molecule has 0 saturated carbocycles. The summed E-state index contributed by atoms with van der Waals surface area (Å²) in [5.41, 5.74) is 1.98. The Kier molecular flexibility index (Phi) is 3.98. The van der Waals surface area contributed by atoms with Gasteiger partial charge in [-0.2, -0.15) is 0 Å². The number of aromatic nitrogens is 2. The van der Waals surface area contributed by atoms with Crippen LogP contribution in [0.5, 0.6) is 0 Å². The zero-order chi connectivity index (χ0) is 13.9. The molecule has 104 valence electrons. The molecule has 1 saturated heterocycles. The van der Waals surface area contributed by atoms with Crippen LogP contribution in [0.4, 0.5) is 5.82 Å². The molecule has 5 heteroatoms. The van der Waals surface area contributed by atoms with Crippen molar-refractivity contribution in [1.29, 1.82) is 0 Å². The van der Waals surface area contributed by atoms with Gasteiger partial charge >= 0.3 is 0 Å². The number of hydrogen-bond donors (Lipinski definition) is 1. The van der Waals surface area contributed by atoms with Gasteiger partial charge in [-0.25, -0.2) is 0 Å². The topological polar surface area (TPSA) is 41.1 Å². The molecule has 0 amide bonds. The zero-order valence-electron chi connectivity index (χ0n) is 11.4. The van der Waals surface area contributed by atoms with Crippen molar-refractivity contribution in [2.24, 2.45) is 0 Å². The van der Waals surface area contributed by atoms with E-state index in [1.54, 1.807) is 0 Å². The van der Waals surface area contributed by atoms with Gasteiger partial charge in [0, 0.05) is 35.7 Å². The summed E-state index contributed by atoms with van der Waals surface area (Å²) in [6.45, 7) is 5.14. The lowest BCUT2D eigenvalue weighted by Crippen LogP contribution is -2.49. The van der Waals surface area contributed by atoms with Crippen LogP contribution in [0.2, 0.25) is 0 Å². The number of rotatable bonds is 2. The monoisotopic (exact) mass is 332 g/mol. The van der Waals surface area contributed by atoms with Crippen LogP contribution in [-0.2, 0) is 0 Å². The Morgan fingerprint density at radius 2 is 2.15 bits per heavy atom. The maximum atomic E-state index is 4.38. The molecular weight excluding hydrogens is 316 g/mol.